The van der Waals surface area contributed by atoms with E-state index in [0.29, 0.717) is 5.46 Å². The van der Waals surface area contributed by atoms with E-state index < -0.39 is 0 Å². The van der Waals surface area contributed by atoms with Crippen LogP contribution in [-0.4, -0.2) is 18.1 Å². The first-order chi connectivity index (χ1) is 4.22. The van der Waals surface area contributed by atoms with E-state index in [0.717, 1.165) is 0 Å². The summed E-state index contributed by atoms with van der Waals surface area (Å²) in [7, 11) is 1.66. The Morgan fingerprint density at radius 1 is 1.11 bits per heavy atom. The molecule has 0 spiro atoms. The van der Waals surface area contributed by atoms with E-state index in [-0.39, 0.29) is 11.5 Å². The zero-order chi connectivity index (χ0) is 6.85. The van der Waals surface area contributed by atoms with Gasteiger partial charge < -0.3 is 10.2 Å². The second-order valence-electron chi connectivity index (χ2n) is 1.92. The van der Waals surface area contributed by atoms with Crippen LogP contribution in [0.1, 0.15) is 0 Å². The maximum Gasteiger partial charge on any atom is 0.149 e. The Labute approximate surface area is 54.2 Å². The third kappa shape index (κ3) is 0.990. The molecule has 0 aliphatic carbocycles. The molecule has 0 radical (unpaired) electrons. The summed E-state index contributed by atoms with van der Waals surface area (Å²) in [5.41, 5.74) is 0.525. The third-order valence-electron chi connectivity index (χ3n) is 1.28. The van der Waals surface area contributed by atoms with Crippen LogP contribution in [-0.2, 0) is 0 Å². The molecule has 3 heteroatoms. The summed E-state index contributed by atoms with van der Waals surface area (Å²) in [5.74, 6) is 0.269. The average molecular weight is 122 g/mol. The standard InChI is InChI=1S/C6H7BO2/c7-6-4(8)2-1-3-5(6)9/h1-3,8-9H,7H2. The summed E-state index contributed by atoms with van der Waals surface area (Å²) in [4.78, 5) is 0. The van der Waals surface area contributed by atoms with E-state index >= 15 is 0 Å². The molecule has 1 aromatic carbocycles. The van der Waals surface area contributed by atoms with Gasteiger partial charge in [0.15, 0.2) is 0 Å². The van der Waals surface area contributed by atoms with Crippen molar-refractivity contribution in [3.63, 3.8) is 0 Å². The van der Waals surface area contributed by atoms with Crippen LogP contribution < -0.4 is 5.46 Å². The minimum atomic E-state index is 0.134. The SMILES string of the molecule is Bc1c(O)cccc1O. The van der Waals surface area contributed by atoms with Gasteiger partial charge in [-0.1, -0.05) is 6.07 Å². The van der Waals surface area contributed by atoms with E-state index in [2.05, 4.69) is 0 Å². The predicted octanol–water partition coefficient (Wildman–Crippen LogP) is -0.644. The Hall–Kier alpha value is -1.12. The van der Waals surface area contributed by atoms with Crippen molar-refractivity contribution in [1.82, 2.24) is 0 Å². The fourth-order valence-corrected chi connectivity index (χ4v) is 0.612. The van der Waals surface area contributed by atoms with Crippen LogP contribution in [0.4, 0.5) is 0 Å². The molecule has 0 aliphatic heterocycles. The van der Waals surface area contributed by atoms with Crippen molar-refractivity contribution in [1.29, 1.82) is 0 Å². The summed E-state index contributed by atoms with van der Waals surface area (Å²) in [5, 5.41) is 17.9. The molecule has 0 heterocycles. The molecule has 0 aromatic heterocycles. The van der Waals surface area contributed by atoms with E-state index in [1.165, 1.54) is 12.1 Å². The summed E-state index contributed by atoms with van der Waals surface area (Å²) in [6.45, 7) is 0. The van der Waals surface area contributed by atoms with Crippen LogP contribution in [0.3, 0.4) is 0 Å². The van der Waals surface area contributed by atoms with Gasteiger partial charge >= 0.3 is 0 Å². The molecular weight excluding hydrogens is 115 g/mol. The molecule has 0 saturated carbocycles. The minimum Gasteiger partial charge on any atom is -0.508 e. The second-order valence-corrected chi connectivity index (χ2v) is 1.92. The molecule has 2 nitrogen and oxygen atoms in total. The first-order valence-electron chi connectivity index (χ1n) is 2.69. The number of hydrogen-bond donors (Lipinski definition) is 2. The number of phenolic OH excluding ortho intramolecular Hbond substituents is 2. The van der Waals surface area contributed by atoms with E-state index in [9.17, 15) is 0 Å². The molecule has 46 valence electrons. The molecule has 0 atom stereocenters. The van der Waals surface area contributed by atoms with Crippen LogP contribution in [0.5, 0.6) is 11.5 Å². The third-order valence-corrected chi connectivity index (χ3v) is 1.28. The lowest BCUT2D eigenvalue weighted by Crippen LogP contribution is -2.01. The maximum absolute atomic E-state index is 8.94. The van der Waals surface area contributed by atoms with Crippen LogP contribution in [0.25, 0.3) is 0 Å². The molecule has 2 N–H and O–H groups in total. The molecule has 0 unspecified atom stereocenters. The van der Waals surface area contributed by atoms with Crippen LogP contribution in [0.2, 0.25) is 0 Å². The van der Waals surface area contributed by atoms with Gasteiger partial charge in [0, 0.05) is 0 Å². The highest BCUT2D eigenvalue weighted by Gasteiger charge is 1.97. The number of phenols is 2. The summed E-state index contributed by atoms with van der Waals surface area (Å²) >= 11 is 0. The first-order valence-corrected chi connectivity index (χ1v) is 2.69. The van der Waals surface area contributed by atoms with Crippen molar-refractivity contribution < 1.29 is 10.2 Å². The summed E-state index contributed by atoms with van der Waals surface area (Å²) in [6.07, 6.45) is 0. The molecule has 0 aliphatic rings. The van der Waals surface area contributed by atoms with Gasteiger partial charge in [0.2, 0.25) is 0 Å². The van der Waals surface area contributed by atoms with Gasteiger partial charge in [-0.05, 0) is 17.6 Å². The molecule has 1 rings (SSSR count). The Balaban J connectivity index is 3.25. The Morgan fingerprint density at radius 3 is 1.89 bits per heavy atom. The van der Waals surface area contributed by atoms with Gasteiger partial charge in [0.05, 0.1) is 0 Å². The van der Waals surface area contributed by atoms with Crippen LogP contribution in [0.15, 0.2) is 18.2 Å². The Kier molecular flexibility index (Phi) is 1.34. The summed E-state index contributed by atoms with van der Waals surface area (Å²) in [6, 6.07) is 4.67. The minimum absolute atomic E-state index is 0.134. The molecule has 0 saturated heterocycles. The van der Waals surface area contributed by atoms with Gasteiger partial charge in [0.25, 0.3) is 0 Å². The highest BCUT2D eigenvalue weighted by atomic mass is 16.3. The molecule has 0 bridgehead atoms. The zero-order valence-corrected chi connectivity index (χ0v) is 5.13. The number of benzene rings is 1. The fourth-order valence-electron chi connectivity index (χ4n) is 0.612. The molecule has 9 heavy (non-hydrogen) atoms. The van der Waals surface area contributed by atoms with Crippen molar-refractivity contribution in [2.45, 2.75) is 0 Å². The normalized spacial score (nSPS) is 9.33. The van der Waals surface area contributed by atoms with Gasteiger partial charge in [-0.2, -0.15) is 0 Å². The first kappa shape index (κ1) is 6.01. The molecular formula is C6H7BO2. The lowest BCUT2D eigenvalue weighted by atomic mass is 9.94. The number of rotatable bonds is 0. The number of hydrogen-bond acceptors (Lipinski definition) is 2. The second kappa shape index (κ2) is 2.01. The van der Waals surface area contributed by atoms with E-state index in [1.807, 2.05) is 0 Å². The van der Waals surface area contributed by atoms with Gasteiger partial charge in [-0.3, -0.25) is 0 Å². The Morgan fingerprint density at radius 2 is 1.56 bits per heavy atom. The van der Waals surface area contributed by atoms with Gasteiger partial charge in [0.1, 0.15) is 19.3 Å². The monoisotopic (exact) mass is 122 g/mol. The lowest BCUT2D eigenvalue weighted by molar-refractivity contribution is 0.458. The average Bonchev–Trinajstić information content (AvgIpc) is 1.83. The molecule has 0 fully saturated rings. The van der Waals surface area contributed by atoms with Crippen LogP contribution >= 0.6 is 0 Å². The maximum atomic E-state index is 8.94. The topological polar surface area (TPSA) is 40.5 Å². The van der Waals surface area contributed by atoms with Crippen LogP contribution in [0, 0.1) is 0 Å². The van der Waals surface area contributed by atoms with Crippen molar-refractivity contribution >= 4 is 13.3 Å². The van der Waals surface area contributed by atoms with Gasteiger partial charge in [-0.15, -0.1) is 0 Å². The molecule has 0 amide bonds. The predicted molar refractivity (Wildman–Crippen MR) is 37.9 cm³/mol. The quantitative estimate of drug-likeness (QED) is 0.449. The largest absolute Gasteiger partial charge is 0.508 e. The van der Waals surface area contributed by atoms with Crippen molar-refractivity contribution in [3.05, 3.63) is 18.2 Å². The smallest absolute Gasteiger partial charge is 0.149 e. The Bertz CT molecular complexity index is 202. The highest BCUT2D eigenvalue weighted by molar-refractivity contribution is 6.36. The lowest BCUT2D eigenvalue weighted by Gasteiger charge is -1.98. The van der Waals surface area contributed by atoms with E-state index in [1.54, 1.807) is 13.9 Å². The zero-order valence-electron chi connectivity index (χ0n) is 5.13. The number of aromatic hydroxyl groups is 2. The fraction of sp³-hybridized carbons (Fsp3) is 0. The van der Waals surface area contributed by atoms with Crippen molar-refractivity contribution in [3.8, 4) is 11.5 Å². The summed E-state index contributed by atoms with van der Waals surface area (Å²) < 4.78 is 0. The molecule has 1 aromatic rings. The van der Waals surface area contributed by atoms with Crippen molar-refractivity contribution in [2.24, 2.45) is 0 Å². The van der Waals surface area contributed by atoms with Crippen molar-refractivity contribution in [2.75, 3.05) is 0 Å². The van der Waals surface area contributed by atoms with Gasteiger partial charge in [-0.25, -0.2) is 0 Å². The van der Waals surface area contributed by atoms with E-state index in [4.69, 9.17) is 10.2 Å². The highest BCUT2D eigenvalue weighted by Crippen LogP contribution is 2.10.